The number of imidazole rings is 1. The molecule has 0 aliphatic carbocycles. The summed E-state index contributed by atoms with van der Waals surface area (Å²) in [5, 5.41) is 13.0. The van der Waals surface area contributed by atoms with Gasteiger partial charge in [0.2, 0.25) is 6.17 Å². The number of anilines is 1. The van der Waals surface area contributed by atoms with E-state index in [0.717, 1.165) is 22.5 Å². The van der Waals surface area contributed by atoms with E-state index < -0.39 is 0 Å². The quantitative estimate of drug-likeness (QED) is 0.552. The van der Waals surface area contributed by atoms with E-state index in [1.807, 2.05) is 41.8 Å². The van der Waals surface area contributed by atoms with Gasteiger partial charge in [-0.05, 0) is 37.3 Å². The fraction of sp³-hybridized carbons (Fsp3) is 0.176. The number of nitrogens with zero attached hydrogens (tertiary/aromatic N) is 2. The molecule has 7 nitrogen and oxygen atoms in total. The van der Waals surface area contributed by atoms with Crippen molar-refractivity contribution in [2.24, 2.45) is 10.7 Å². The number of aliphatic imine (C=N–C) groups is 1. The number of nitrogens with two attached hydrogens (primary N) is 1. The Hall–Kier alpha value is -3.22. The molecule has 7 heteroatoms. The van der Waals surface area contributed by atoms with Crippen LogP contribution < -0.4 is 20.4 Å². The Kier molecular flexibility index (Phi) is 3.26. The maximum Gasteiger partial charge on any atom is 0.365 e. The number of aromatic nitrogens is 2. The molecule has 3 aromatic rings. The molecule has 0 amide bonds. The number of nitrogens with one attached hydrogen (secondary N) is 2. The summed E-state index contributed by atoms with van der Waals surface area (Å²) in [6, 6.07) is 13.2. The number of para-hydroxylation sites is 2. The van der Waals surface area contributed by atoms with Crippen molar-refractivity contribution in [1.82, 2.24) is 4.98 Å². The number of H-pyrrole nitrogens is 1. The van der Waals surface area contributed by atoms with Crippen LogP contribution in [0.4, 0.5) is 5.95 Å². The molecule has 0 saturated heterocycles. The first-order chi connectivity index (χ1) is 11.7. The molecular weight excluding hydrogens is 306 g/mol. The zero-order valence-electron chi connectivity index (χ0n) is 13.2. The molecule has 0 saturated carbocycles. The SMILES string of the molecule is CCOc1cc([C@@H]2N=C(N)Nc3[nH]c4ccccc4[n+]32)ccc1O. The second kappa shape index (κ2) is 5.45. The Morgan fingerprint density at radius 3 is 2.96 bits per heavy atom. The highest BCUT2D eigenvalue weighted by Crippen LogP contribution is 2.31. The van der Waals surface area contributed by atoms with Crippen molar-refractivity contribution in [3.8, 4) is 11.5 Å². The van der Waals surface area contributed by atoms with E-state index in [9.17, 15) is 5.11 Å². The lowest BCUT2D eigenvalue weighted by Gasteiger charge is -2.19. The monoisotopic (exact) mass is 324 g/mol. The topological polar surface area (TPSA) is 99.5 Å². The van der Waals surface area contributed by atoms with Crippen LogP contribution in [0.25, 0.3) is 11.0 Å². The smallest absolute Gasteiger partial charge is 0.365 e. The number of guanidine groups is 1. The summed E-state index contributed by atoms with van der Waals surface area (Å²) in [5.41, 5.74) is 8.81. The third kappa shape index (κ3) is 2.21. The molecule has 4 rings (SSSR count). The van der Waals surface area contributed by atoms with Gasteiger partial charge in [-0.3, -0.25) is 0 Å². The number of benzene rings is 2. The molecule has 122 valence electrons. The van der Waals surface area contributed by atoms with Crippen molar-refractivity contribution in [1.29, 1.82) is 0 Å². The van der Waals surface area contributed by atoms with E-state index in [0.29, 0.717) is 18.3 Å². The highest BCUT2D eigenvalue weighted by Gasteiger charge is 2.31. The largest absolute Gasteiger partial charge is 0.504 e. The Morgan fingerprint density at radius 1 is 1.29 bits per heavy atom. The van der Waals surface area contributed by atoms with Crippen LogP contribution in [0.1, 0.15) is 18.7 Å². The van der Waals surface area contributed by atoms with Gasteiger partial charge in [0.25, 0.3) is 5.96 Å². The highest BCUT2D eigenvalue weighted by molar-refractivity contribution is 5.92. The van der Waals surface area contributed by atoms with E-state index in [4.69, 9.17) is 10.5 Å². The van der Waals surface area contributed by atoms with Crippen LogP contribution in [-0.4, -0.2) is 22.7 Å². The van der Waals surface area contributed by atoms with Crippen molar-refractivity contribution < 1.29 is 14.4 Å². The van der Waals surface area contributed by atoms with E-state index in [1.54, 1.807) is 12.1 Å². The van der Waals surface area contributed by atoms with Gasteiger partial charge in [-0.1, -0.05) is 12.1 Å². The highest BCUT2D eigenvalue weighted by atomic mass is 16.5. The van der Waals surface area contributed by atoms with Crippen molar-refractivity contribution in [2.75, 3.05) is 11.9 Å². The third-order valence-electron chi connectivity index (χ3n) is 3.99. The number of hydrogen-bond donors (Lipinski definition) is 4. The number of fused-ring (bicyclic) bond motifs is 3. The Bertz CT molecular complexity index is 947. The molecule has 0 spiro atoms. The van der Waals surface area contributed by atoms with E-state index in [2.05, 4.69) is 15.3 Å². The molecule has 1 aliphatic rings. The summed E-state index contributed by atoms with van der Waals surface area (Å²) in [7, 11) is 0. The second-order valence-corrected chi connectivity index (χ2v) is 5.53. The Morgan fingerprint density at radius 2 is 2.12 bits per heavy atom. The van der Waals surface area contributed by atoms with Crippen LogP contribution in [0.3, 0.4) is 0 Å². The van der Waals surface area contributed by atoms with E-state index >= 15 is 0 Å². The normalized spacial score (nSPS) is 16.4. The Balaban J connectivity index is 1.89. The molecule has 0 radical (unpaired) electrons. The molecule has 0 fully saturated rings. The molecule has 24 heavy (non-hydrogen) atoms. The van der Waals surface area contributed by atoms with Gasteiger partial charge < -0.3 is 15.6 Å². The predicted molar refractivity (Wildman–Crippen MR) is 91.2 cm³/mol. The summed E-state index contributed by atoms with van der Waals surface area (Å²) in [6.07, 6.45) is -0.350. The second-order valence-electron chi connectivity index (χ2n) is 5.53. The first-order valence-electron chi connectivity index (χ1n) is 7.75. The van der Waals surface area contributed by atoms with Crippen molar-refractivity contribution in [3.63, 3.8) is 0 Å². The maximum absolute atomic E-state index is 9.93. The van der Waals surface area contributed by atoms with Gasteiger partial charge >= 0.3 is 5.95 Å². The van der Waals surface area contributed by atoms with E-state index in [1.165, 1.54) is 0 Å². The molecule has 2 aromatic carbocycles. The fourth-order valence-electron chi connectivity index (χ4n) is 2.97. The minimum absolute atomic E-state index is 0.107. The van der Waals surface area contributed by atoms with Crippen LogP contribution in [0.5, 0.6) is 11.5 Å². The summed E-state index contributed by atoms with van der Waals surface area (Å²) in [6.45, 7) is 2.35. The first kappa shape index (κ1) is 14.4. The van der Waals surface area contributed by atoms with Gasteiger partial charge in [0.1, 0.15) is 11.0 Å². The van der Waals surface area contributed by atoms with E-state index in [-0.39, 0.29) is 11.9 Å². The third-order valence-corrected chi connectivity index (χ3v) is 3.99. The summed E-state index contributed by atoms with van der Waals surface area (Å²) in [5.74, 6) is 1.64. The average Bonchev–Trinajstić information content (AvgIpc) is 2.94. The van der Waals surface area contributed by atoms with Crippen LogP contribution in [0.2, 0.25) is 0 Å². The summed E-state index contributed by atoms with van der Waals surface area (Å²) < 4.78 is 7.52. The molecule has 5 N–H and O–H groups in total. The van der Waals surface area contributed by atoms with Crippen molar-refractivity contribution >= 4 is 22.9 Å². The lowest BCUT2D eigenvalue weighted by molar-refractivity contribution is -0.674. The van der Waals surface area contributed by atoms with Crippen LogP contribution in [0.15, 0.2) is 47.5 Å². The number of phenolic OH excluding ortho intramolecular Hbond substituents is 1. The van der Waals surface area contributed by atoms with Crippen LogP contribution in [-0.2, 0) is 0 Å². The van der Waals surface area contributed by atoms with Gasteiger partial charge in [-0.2, -0.15) is 4.99 Å². The minimum atomic E-state index is -0.350. The van der Waals surface area contributed by atoms with Gasteiger partial charge in [0.15, 0.2) is 11.5 Å². The van der Waals surface area contributed by atoms with Gasteiger partial charge in [0, 0.05) is 5.56 Å². The van der Waals surface area contributed by atoms with Crippen LogP contribution in [0, 0.1) is 0 Å². The molecule has 1 aliphatic heterocycles. The number of rotatable bonds is 3. The standard InChI is InChI=1S/C17H17N5O2/c1-2-24-14-9-10(7-8-13(14)23)15-20-16(18)21-17-19-11-5-3-4-6-12(11)22(15)17/h3-9,15H,2H2,1H3,(H4,18,19,20,21,23)/p+1/t15-/m1/s1. The number of aromatic amines is 1. The first-order valence-corrected chi connectivity index (χ1v) is 7.75. The van der Waals surface area contributed by atoms with Crippen LogP contribution >= 0.6 is 0 Å². The van der Waals surface area contributed by atoms with Crippen molar-refractivity contribution in [3.05, 3.63) is 48.0 Å². The maximum atomic E-state index is 9.93. The number of aromatic hydroxyl groups is 1. The average molecular weight is 324 g/mol. The summed E-state index contributed by atoms with van der Waals surface area (Å²) in [4.78, 5) is 7.84. The molecule has 1 aromatic heterocycles. The Labute approximate surface area is 138 Å². The predicted octanol–water partition coefficient (Wildman–Crippen LogP) is 1.85. The molecule has 0 unspecified atom stereocenters. The lowest BCUT2D eigenvalue weighted by Crippen LogP contribution is -2.48. The zero-order chi connectivity index (χ0) is 16.7. The molecule has 0 bridgehead atoms. The van der Waals surface area contributed by atoms with Crippen molar-refractivity contribution in [2.45, 2.75) is 13.1 Å². The van der Waals surface area contributed by atoms with Gasteiger partial charge in [-0.15, -0.1) is 0 Å². The van der Waals surface area contributed by atoms with Gasteiger partial charge in [0.05, 0.1) is 6.61 Å². The molecule has 2 heterocycles. The fourth-order valence-corrected chi connectivity index (χ4v) is 2.97. The number of hydrogen-bond acceptors (Lipinski definition) is 5. The zero-order valence-corrected chi connectivity index (χ0v) is 13.2. The molecular formula is C17H18N5O2+. The lowest BCUT2D eigenvalue weighted by atomic mass is 10.1. The molecule has 1 atom stereocenters. The van der Waals surface area contributed by atoms with Gasteiger partial charge in [-0.25, -0.2) is 14.9 Å². The minimum Gasteiger partial charge on any atom is -0.504 e. The summed E-state index contributed by atoms with van der Waals surface area (Å²) >= 11 is 0. The number of phenols is 1. The number of ether oxygens (including phenoxy) is 1.